The fraction of sp³-hybridized carbons (Fsp3) is 0. The van der Waals surface area contributed by atoms with Crippen LogP contribution >= 0.6 is 0 Å². The summed E-state index contributed by atoms with van der Waals surface area (Å²) in [5, 5.41) is 3.68. The Kier molecular flexibility index (Phi) is 7.47. The van der Waals surface area contributed by atoms with Gasteiger partial charge in [0.25, 0.3) is 0 Å². The molecular formula is C50H35N3. The summed E-state index contributed by atoms with van der Waals surface area (Å²) >= 11 is 0. The molecular weight excluding hydrogens is 643 g/mol. The van der Waals surface area contributed by atoms with Gasteiger partial charge in [0.1, 0.15) is 5.65 Å². The van der Waals surface area contributed by atoms with E-state index in [-0.39, 0.29) is 0 Å². The quantitative estimate of drug-likeness (QED) is 0.164. The SMILES string of the molecule is c1ccc(-c2ccc(N(c3ccc(-c4ccccc4)cc3)c3ccc4c(c3)c3c5ccccc5n(-c5ccccc5)c3n4-c3ccccc3)cc2)cc1. The first-order valence-corrected chi connectivity index (χ1v) is 18.1. The van der Waals surface area contributed by atoms with Crippen molar-refractivity contribution in [2.24, 2.45) is 0 Å². The van der Waals surface area contributed by atoms with Crippen LogP contribution in [-0.2, 0) is 0 Å². The van der Waals surface area contributed by atoms with Gasteiger partial charge in [-0.1, -0.05) is 140 Å². The zero-order chi connectivity index (χ0) is 35.1. The molecule has 0 spiro atoms. The molecule has 3 heteroatoms. The molecule has 0 saturated heterocycles. The summed E-state index contributed by atoms with van der Waals surface area (Å²) in [5.74, 6) is 0. The first-order chi connectivity index (χ1) is 26.3. The van der Waals surface area contributed by atoms with E-state index in [1.54, 1.807) is 0 Å². The molecule has 53 heavy (non-hydrogen) atoms. The van der Waals surface area contributed by atoms with Gasteiger partial charge in [-0.15, -0.1) is 0 Å². The molecule has 0 bridgehead atoms. The normalized spacial score (nSPS) is 11.4. The molecule has 0 amide bonds. The zero-order valence-corrected chi connectivity index (χ0v) is 29.0. The monoisotopic (exact) mass is 677 g/mol. The molecule has 0 aliphatic rings. The van der Waals surface area contributed by atoms with Gasteiger partial charge in [-0.05, 0) is 95.1 Å². The van der Waals surface area contributed by atoms with Crippen molar-refractivity contribution < 1.29 is 0 Å². The van der Waals surface area contributed by atoms with Gasteiger partial charge < -0.3 is 4.90 Å². The number of rotatable bonds is 7. The van der Waals surface area contributed by atoms with Gasteiger partial charge in [0, 0.05) is 44.6 Å². The first-order valence-electron chi connectivity index (χ1n) is 18.1. The number of anilines is 3. The van der Waals surface area contributed by atoms with Crippen molar-refractivity contribution in [3.63, 3.8) is 0 Å². The predicted molar refractivity (Wildman–Crippen MR) is 223 cm³/mol. The lowest BCUT2D eigenvalue weighted by Gasteiger charge is -2.26. The van der Waals surface area contributed by atoms with Crippen LogP contribution in [0.2, 0.25) is 0 Å². The second-order valence-electron chi connectivity index (χ2n) is 13.4. The second kappa shape index (κ2) is 12.9. The molecule has 10 rings (SSSR count). The molecule has 0 saturated carbocycles. The van der Waals surface area contributed by atoms with Crippen LogP contribution in [0.5, 0.6) is 0 Å². The van der Waals surface area contributed by atoms with Crippen molar-refractivity contribution in [2.75, 3.05) is 4.90 Å². The number of nitrogens with zero attached hydrogens (tertiary/aromatic N) is 3. The highest BCUT2D eigenvalue weighted by Gasteiger charge is 2.23. The summed E-state index contributed by atoms with van der Waals surface area (Å²) < 4.78 is 4.84. The van der Waals surface area contributed by atoms with E-state index in [4.69, 9.17) is 0 Å². The van der Waals surface area contributed by atoms with E-state index < -0.39 is 0 Å². The summed E-state index contributed by atoms with van der Waals surface area (Å²) in [6.07, 6.45) is 0. The number of fused-ring (bicyclic) bond motifs is 5. The third-order valence-electron chi connectivity index (χ3n) is 10.3. The number of aromatic nitrogens is 2. The predicted octanol–water partition coefficient (Wildman–Crippen LogP) is 13.5. The third kappa shape index (κ3) is 5.30. The molecule has 0 atom stereocenters. The van der Waals surface area contributed by atoms with Gasteiger partial charge in [-0.3, -0.25) is 9.13 Å². The Hall–Kier alpha value is -7.10. The van der Waals surface area contributed by atoms with Crippen molar-refractivity contribution in [1.82, 2.24) is 9.13 Å². The Morgan fingerprint density at radius 2 is 0.698 bits per heavy atom. The van der Waals surface area contributed by atoms with Gasteiger partial charge in [-0.25, -0.2) is 0 Å². The second-order valence-corrected chi connectivity index (χ2v) is 13.4. The highest BCUT2D eigenvalue weighted by atomic mass is 15.2. The molecule has 2 aromatic heterocycles. The molecule has 0 aliphatic heterocycles. The van der Waals surface area contributed by atoms with E-state index >= 15 is 0 Å². The maximum Gasteiger partial charge on any atom is 0.131 e. The number of hydrogen-bond donors (Lipinski definition) is 0. The van der Waals surface area contributed by atoms with Gasteiger partial charge >= 0.3 is 0 Å². The Morgan fingerprint density at radius 1 is 0.302 bits per heavy atom. The lowest BCUT2D eigenvalue weighted by molar-refractivity contribution is 1.07. The molecule has 250 valence electrons. The molecule has 0 fully saturated rings. The third-order valence-corrected chi connectivity index (χ3v) is 10.3. The number of para-hydroxylation sites is 3. The van der Waals surface area contributed by atoms with Gasteiger partial charge in [-0.2, -0.15) is 0 Å². The zero-order valence-electron chi connectivity index (χ0n) is 29.0. The summed E-state index contributed by atoms with van der Waals surface area (Å²) in [7, 11) is 0. The first kappa shape index (κ1) is 30.7. The van der Waals surface area contributed by atoms with Crippen LogP contribution in [0, 0.1) is 0 Å². The summed E-state index contributed by atoms with van der Waals surface area (Å²) in [5.41, 5.74) is 13.9. The molecule has 0 unspecified atom stereocenters. The van der Waals surface area contributed by atoms with Crippen molar-refractivity contribution in [3.05, 3.63) is 212 Å². The molecule has 10 aromatic rings. The average Bonchev–Trinajstić information content (AvgIpc) is 3.75. The molecule has 3 nitrogen and oxygen atoms in total. The highest BCUT2D eigenvalue weighted by molar-refractivity contribution is 6.23. The molecule has 0 N–H and O–H groups in total. The van der Waals surface area contributed by atoms with E-state index in [1.165, 1.54) is 49.4 Å². The Labute approximate surface area is 308 Å². The maximum atomic E-state index is 2.43. The Balaban J connectivity index is 1.22. The largest absolute Gasteiger partial charge is 0.310 e. The molecule has 0 aliphatic carbocycles. The van der Waals surface area contributed by atoms with E-state index in [0.29, 0.717) is 0 Å². The van der Waals surface area contributed by atoms with Gasteiger partial charge in [0.15, 0.2) is 0 Å². The lowest BCUT2D eigenvalue weighted by atomic mass is 10.0. The van der Waals surface area contributed by atoms with Gasteiger partial charge in [0.05, 0.1) is 11.0 Å². The molecule has 0 radical (unpaired) electrons. The summed E-state index contributed by atoms with van der Waals surface area (Å²) in [4.78, 5) is 2.38. The van der Waals surface area contributed by atoms with E-state index in [1.807, 2.05) is 0 Å². The van der Waals surface area contributed by atoms with Crippen molar-refractivity contribution >= 4 is 49.9 Å². The highest BCUT2D eigenvalue weighted by Crippen LogP contribution is 2.44. The smallest absolute Gasteiger partial charge is 0.131 e. The van der Waals surface area contributed by atoms with Crippen molar-refractivity contribution in [3.8, 4) is 33.6 Å². The van der Waals surface area contributed by atoms with Crippen LogP contribution in [0.1, 0.15) is 0 Å². The standard InChI is InChI=1S/C50H35N3/c1-5-15-36(16-6-1)38-25-29-42(30-26-38)51(43-31-27-39(28-32-43)37-17-7-2-8-18-37)44-33-34-48-46(35-44)49-45-23-13-14-24-47(45)52(40-19-9-3-10-20-40)50(49)53(48)41-21-11-4-12-22-41/h1-35H. The van der Waals surface area contributed by atoms with E-state index in [2.05, 4.69) is 226 Å². The maximum absolute atomic E-state index is 2.43. The van der Waals surface area contributed by atoms with Crippen molar-refractivity contribution in [2.45, 2.75) is 0 Å². The fourth-order valence-electron chi connectivity index (χ4n) is 7.87. The minimum atomic E-state index is 1.10. The molecule has 8 aromatic carbocycles. The van der Waals surface area contributed by atoms with Crippen molar-refractivity contribution in [1.29, 1.82) is 0 Å². The summed E-state index contributed by atoms with van der Waals surface area (Å²) in [6, 6.07) is 76.2. The Morgan fingerprint density at radius 3 is 1.21 bits per heavy atom. The minimum absolute atomic E-state index is 1.10. The Bertz CT molecular complexity index is 2750. The van der Waals surface area contributed by atoms with Crippen LogP contribution in [0.15, 0.2) is 212 Å². The van der Waals surface area contributed by atoms with Crippen LogP contribution in [0.3, 0.4) is 0 Å². The summed E-state index contributed by atoms with van der Waals surface area (Å²) in [6.45, 7) is 0. The van der Waals surface area contributed by atoms with Crippen LogP contribution in [-0.4, -0.2) is 9.13 Å². The average molecular weight is 678 g/mol. The van der Waals surface area contributed by atoms with Crippen LogP contribution in [0.4, 0.5) is 17.1 Å². The minimum Gasteiger partial charge on any atom is -0.310 e. The topological polar surface area (TPSA) is 13.1 Å². The van der Waals surface area contributed by atoms with Crippen LogP contribution < -0.4 is 4.90 Å². The number of benzene rings is 8. The van der Waals surface area contributed by atoms with E-state index in [9.17, 15) is 0 Å². The van der Waals surface area contributed by atoms with Crippen LogP contribution in [0.25, 0.3) is 66.5 Å². The van der Waals surface area contributed by atoms with E-state index in [0.717, 1.165) is 34.1 Å². The van der Waals surface area contributed by atoms with Gasteiger partial charge in [0.2, 0.25) is 0 Å². The lowest BCUT2D eigenvalue weighted by Crippen LogP contribution is -2.10. The number of hydrogen-bond acceptors (Lipinski definition) is 1. The fourth-order valence-corrected chi connectivity index (χ4v) is 7.87. The molecule has 2 heterocycles.